The summed E-state index contributed by atoms with van der Waals surface area (Å²) in [6.45, 7) is 5.41. The molecular formula is C20H25N3O2. The lowest BCUT2D eigenvalue weighted by molar-refractivity contribution is 0.0922. The number of hydrogen-bond donors (Lipinski definition) is 2. The van der Waals surface area contributed by atoms with Crippen molar-refractivity contribution in [2.75, 3.05) is 19.6 Å². The van der Waals surface area contributed by atoms with Crippen LogP contribution in [0.4, 0.5) is 0 Å². The van der Waals surface area contributed by atoms with Crippen LogP contribution in [0.25, 0.3) is 0 Å². The van der Waals surface area contributed by atoms with Gasteiger partial charge in [-0.05, 0) is 55.6 Å². The summed E-state index contributed by atoms with van der Waals surface area (Å²) >= 11 is 0. The maximum Gasteiger partial charge on any atom is 0.251 e. The first-order chi connectivity index (χ1) is 12.1. The summed E-state index contributed by atoms with van der Waals surface area (Å²) in [5.74, 6) is 0.635. The zero-order valence-electron chi connectivity index (χ0n) is 14.6. The fourth-order valence-electron chi connectivity index (χ4n) is 2.98. The van der Waals surface area contributed by atoms with Crippen molar-refractivity contribution in [3.05, 3.63) is 59.9 Å². The van der Waals surface area contributed by atoms with E-state index in [1.54, 1.807) is 18.5 Å². The molecule has 3 rings (SSSR count). The topological polar surface area (TPSA) is 63.2 Å². The quantitative estimate of drug-likeness (QED) is 0.849. The first kappa shape index (κ1) is 17.4. The minimum absolute atomic E-state index is 0.0495. The molecule has 0 radical (unpaired) electrons. The molecule has 2 N–H and O–H groups in total. The van der Waals surface area contributed by atoms with E-state index < -0.39 is 0 Å². The van der Waals surface area contributed by atoms with Gasteiger partial charge in [0.15, 0.2) is 0 Å². The van der Waals surface area contributed by atoms with Crippen LogP contribution in [0, 0.1) is 5.41 Å². The van der Waals surface area contributed by atoms with Crippen molar-refractivity contribution in [3.8, 4) is 5.75 Å². The van der Waals surface area contributed by atoms with E-state index in [2.05, 4.69) is 22.5 Å². The third-order valence-corrected chi connectivity index (χ3v) is 4.71. The first-order valence-electron chi connectivity index (χ1n) is 8.75. The standard InChI is InChI=1S/C20H25N3O2/c1-20(7-10-21-11-8-20)15-23-19(24)17-5-2-6-18(12-17)25-14-16-4-3-9-22-13-16/h2-6,9,12-13,21H,7-8,10-11,14-15H2,1H3,(H,23,24). The molecule has 5 nitrogen and oxygen atoms in total. The Bertz CT molecular complexity index is 697. The van der Waals surface area contributed by atoms with Gasteiger partial charge in [0.05, 0.1) is 0 Å². The van der Waals surface area contributed by atoms with Crippen LogP contribution in [0.2, 0.25) is 0 Å². The van der Waals surface area contributed by atoms with Crippen molar-refractivity contribution >= 4 is 5.91 Å². The van der Waals surface area contributed by atoms with Gasteiger partial charge in [-0.2, -0.15) is 0 Å². The number of aromatic nitrogens is 1. The number of nitrogens with one attached hydrogen (secondary N) is 2. The summed E-state index contributed by atoms with van der Waals surface area (Å²) in [6.07, 6.45) is 5.68. The minimum Gasteiger partial charge on any atom is -0.489 e. The van der Waals surface area contributed by atoms with E-state index in [1.165, 1.54) is 0 Å². The Hall–Kier alpha value is -2.40. The molecule has 2 heterocycles. The number of rotatable bonds is 6. The van der Waals surface area contributed by atoms with Gasteiger partial charge in [-0.25, -0.2) is 0 Å². The Morgan fingerprint density at radius 3 is 2.88 bits per heavy atom. The molecule has 1 aromatic carbocycles. The first-order valence-corrected chi connectivity index (χ1v) is 8.75. The Morgan fingerprint density at radius 1 is 1.28 bits per heavy atom. The Morgan fingerprint density at radius 2 is 2.12 bits per heavy atom. The summed E-state index contributed by atoms with van der Waals surface area (Å²) in [4.78, 5) is 16.5. The number of ether oxygens (including phenoxy) is 1. The zero-order chi connectivity index (χ0) is 17.5. The fourth-order valence-corrected chi connectivity index (χ4v) is 2.98. The van der Waals surface area contributed by atoms with Crippen LogP contribution in [0.5, 0.6) is 5.75 Å². The maximum atomic E-state index is 12.5. The molecule has 0 spiro atoms. The van der Waals surface area contributed by atoms with E-state index in [1.807, 2.05) is 30.3 Å². The third-order valence-electron chi connectivity index (χ3n) is 4.71. The molecule has 1 saturated heterocycles. The van der Waals surface area contributed by atoms with Crippen LogP contribution < -0.4 is 15.4 Å². The monoisotopic (exact) mass is 339 g/mol. The molecule has 1 amide bonds. The van der Waals surface area contributed by atoms with Gasteiger partial charge in [-0.15, -0.1) is 0 Å². The SMILES string of the molecule is CC1(CNC(=O)c2cccc(OCc3cccnc3)c2)CCNCC1. The highest BCUT2D eigenvalue weighted by Gasteiger charge is 2.27. The van der Waals surface area contributed by atoms with Gasteiger partial charge in [-0.1, -0.05) is 19.1 Å². The van der Waals surface area contributed by atoms with Crippen LogP contribution >= 0.6 is 0 Å². The van der Waals surface area contributed by atoms with Crippen LogP contribution in [0.1, 0.15) is 35.7 Å². The Balaban J connectivity index is 1.55. The van der Waals surface area contributed by atoms with Gasteiger partial charge in [0.25, 0.3) is 5.91 Å². The molecule has 0 bridgehead atoms. The van der Waals surface area contributed by atoms with Crippen molar-refractivity contribution in [3.63, 3.8) is 0 Å². The molecule has 1 aliphatic rings. The van der Waals surface area contributed by atoms with Crippen molar-refractivity contribution in [2.45, 2.75) is 26.4 Å². The highest BCUT2D eigenvalue weighted by atomic mass is 16.5. The van der Waals surface area contributed by atoms with E-state index in [0.29, 0.717) is 24.5 Å². The number of piperidine rings is 1. The smallest absolute Gasteiger partial charge is 0.251 e. The number of carbonyl (C=O) groups is 1. The second kappa shape index (κ2) is 8.12. The summed E-state index contributed by atoms with van der Waals surface area (Å²) in [7, 11) is 0. The van der Waals surface area contributed by atoms with Gasteiger partial charge < -0.3 is 15.4 Å². The Labute approximate surface area is 148 Å². The van der Waals surface area contributed by atoms with E-state index >= 15 is 0 Å². The van der Waals surface area contributed by atoms with Gasteiger partial charge in [0.2, 0.25) is 0 Å². The van der Waals surface area contributed by atoms with E-state index in [9.17, 15) is 4.79 Å². The molecule has 0 unspecified atom stereocenters. The zero-order valence-corrected chi connectivity index (χ0v) is 14.6. The normalized spacial score (nSPS) is 16.2. The van der Waals surface area contributed by atoms with Crippen molar-refractivity contribution in [1.82, 2.24) is 15.6 Å². The molecule has 1 fully saturated rings. The van der Waals surface area contributed by atoms with Crippen LogP contribution in [0.3, 0.4) is 0 Å². The number of hydrogen-bond acceptors (Lipinski definition) is 4. The molecule has 25 heavy (non-hydrogen) atoms. The number of benzene rings is 1. The summed E-state index contributed by atoms with van der Waals surface area (Å²) in [6, 6.07) is 11.2. The third kappa shape index (κ3) is 5.03. The van der Waals surface area contributed by atoms with Crippen LogP contribution in [-0.2, 0) is 6.61 Å². The number of carbonyl (C=O) groups excluding carboxylic acids is 1. The summed E-state index contributed by atoms with van der Waals surface area (Å²) in [5.41, 5.74) is 1.80. The van der Waals surface area contributed by atoms with Gasteiger partial charge in [0, 0.05) is 30.1 Å². The number of nitrogens with zero attached hydrogens (tertiary/aromatic N) is 1. The van der Waals surface area contributed by atoms with Crippen molar-refractivity contribution in [1.29, 1.82) is 0 Å². The fraction of sp³-hybridized carbons (Fsp3) is 0.400. The molecular weight excluding hydrogens is 314 g/mol. The largest absolute Gasteiger partial charge is 0.489 e. The lowest BCUT2D eigenvalue weighted by atomic mass is 9.81. The van der Waals surface area contributed by atoms with E-state index in [-0.39, 0.29) is 11.3 Å². The van der Waals surface area contributed by atoms with Crippen molar-refractivity contribution < 1.29 is 9.53 Å². The Kier molecular flexibility index (Phi) is 5.66. The van der Waals surface area contributed by atoms with Gasteiger partial charge >= 0.3 is 0 Å². The molecule has 132 valence electrons. The summed E-state index contributed by atoms with van der Waals surface area (Å²) in [5, 5.41) is 6.44. The average molecular weight is 339 g/mol. The molecule has 2 aromatic rings. The minimum atomic E-state index is -0.0495. The molecule has 1 aromatic heterocycles. The summed E-state index contributed by atoms with van der Waals surface area (Å²) < 4.78 is 5.77. The van der Waals surface area contributed by atoms with Crippen LogP contribution in [-0.4, -0.2) is 30.5 Å². The second-order valence-corrected chi connectivity index (χ2v) is 6.92. The van der Waals surface area contributed by atoms with Crippen molar-refractivity contribution in [2.24, 2.45) is 5.41 Å². The predicted octanol–water partition coefficient (Wildman–Crippen LogP) is 2.78. The molecule has 1 aliphatic heterocycles. The van der Waals surface area contributed by atoms with Gasteiger partial charge in [-0.3, -0.25) is 9.78 Å². The predicted molar refractivity (Wildman–Crippen MR) is 97.6 cm³/mol. The molecule has 0 aliphatic carbocycles. The van der Waals surface area contributed by atoms with E-state index in [0.717, 1.165) is 31.5 Å². The lowest BCUT2D eigenvalue weighted by Crippen LogP contribution is -2.42. The molecule has 0 atom stereocenters. The highest BCUT2D eigenvalue weighted by Crippen LogP contribution is 2.26. The maximum absolute atomic E-state index is 12.5. The number of pyridine rings is 1. The highest BCUT2D eigenvalue weighted by molar-refractivity contribution is 5.94. The van der Waals surface area contributed by atoms with Crippen LogP contribution in [0.15, 0.2) is 48.8 Å². The lowest BCUT2D eigenvalue weighted by Gasteiger charge is -2.34. The average Bonchev–Trinajstić information content (AvgIpc) is 2.66. The molecule has 0 saturated carbocycles. The number of amides is 1. The second-order valence-electron chi connectivity index (χ2n) is 6.92. The van der Waals surface area contributed by atoms with Gasteiger partial charge in [0.1, 0.15) is 12.4 Å². The molecule has 5 heteroatoms. The van der Waals surface area contributed by atoms with E-state index in [4.69, 9.17) is 4.74 Å².